The summed E-state index contributed by atoms with van der Waals surface area (Å²) in [5.74, 6) is 0.467. The molecule has 0 saturated carbocycles. The van der Waals surface area contributed by atoms with Crippen molar-refractivity contribution in [3.63, 3.8) is 0 Å². The Kier molecular flexibility index (Phi) is 4.49. The minimum atomic E-state index is -3.22. The van der Waals surface area contributed by atoms with Crippen LogP contribution in [-0.2, 0) is 16.6 Å². The standard InChI is InChI=1S/C20H24N2O3S/c1-2-10-26(24,25)21-12-15-11-17(14-21)20-18(16-6-4-3-5-7-16)8-9-19(23)22(20)13-15/h3-9,15,17H,2,10-14H2,1H3/t15-,17+/m0/s1. The van der Waals surface area contributed by atoms with Crippen LogP contribution in [0.1, 0.15) is 31.4 Å². The average molecular weight is 372 g/mol. The fraction of sp³-hybridized carbons (Fsp3) is 0.450. The maximum atomic E-state index is 12.6. The summed E-state index contributed by atoms with van der Waals surface area (Å²) in [5, 5.41) is 0. The fourth-order valence-corrected chi connectivity index (χ4v) is 6.07. The van der Waals surface area contributed by atoms with Gasteiger partial charge in [0.25, 0.3) is 5.56 Å². The fourth-order valence-electron chi connectivity index (χ4n) is 4.45. The lowest BCUT2D eigenvalue weighted by Gasteiger charge is -2.43. The number of rotatable bonds is 4. The molecule has 4 rings (SSSR count). The van der Waals surface area contributed by atoms with Gasteiger partial charge in [-0.25, -0.2) is 12.7 Å². The highest BCUT2D eigenvalue weighted by Crippen LogP contribution is 2.40. The van der Waals surface area contributed by atoms with Gasteiger partial charge in [-0.3, -0.25) is 4.79 Å². The Balaban J connectivity index is 1.80. The summed E-state index contributed by atoms with van der Waals surface area (Å²) in [4.78, 5) is 12.5. The quantitative estimate of drug-likeness (QED) is 0.829. The molecule has 2 aromatic rings. The molecule has 1 saturated heterocycles. The summed E-state index contributed by atoms with van der Waals surface area (Å²) in [5.41, 5.74) is 3.13. The van der Waals surface area contributed by atoms with Crippen molar-refractivity contribution in [3.8, 4) is 11.1 Å². The monoisotopic (exact) mass is 372 g/mol. The van der Waals surface area contributed by atoms with E-state index in [1.54, 1.807) is 10.4 Å². The summed E-state index contributed by atoms with van der Waals surface area (Å²) in [6.07, 6.45) is 1.57. The van der Waals surface area contributed by atoms with Crippen LogP contribution < -0.4 is 5.56 Å². The van der Waals surface area contributed by atoms with E-state index in [0.717, 1.165) is 23.2 Å². The first kappa shape index (κ1) is 17.5. The van der Waals surface area contributed by atoms with Crippen LogP contribution >= 0.6 is 0 Å². The first-order valence-corrected chi connectivity index (χ1v) is 10.9. The zero-order valence-corrected chi connectivity index (χ0v) is 15.8. The van der Waals surface area contributed by atoms with E-state index in [1.807, 2.05) is 47.9 Å². The number of fused-ring (bicyclic) bond motifs is 4. The number of hydrogen-bond acceptors (Lipinski definition) is 3. The molecule has 2 aliphatic heterocycles. The van der Waals surface area contributed by atoms with Crippen LogP contribution in [0.4, 0.5) is 0 Å². The van der Waals surface area contributed by atoms with E-state index in [2.05, 4.69) is 0 Å². The lowest BCUT2D eigenvalue weighted by molar-refractivity contribution is 0.187. The second kappa shape index (κ2) is 6.67. The molecule has 0 aliphatic carbocycles. The predicted molar refractivity (Wildman–Crippen MR) is 103 cm³/mol. The SMILES string of the molecule is CCCS(=O)(=O)N1C[C@@H]2C[C@H](C1)c1c(-c3ccccc3)ccc(=O)n1C2. The Bertz CT molecular complexity index is 966. The normalized spacial score (nSPS) is 22.8. The van der Waals surface area contributed by atoms with E-state index in [9.17, 15) is 13.2 Å². The third-order valence-corrected chi connectivity index (χ3v) is 7.51. The number of pyridine rings is 1. The third-order valence-electron chi connectivity index (χ3n) is 5.50. The van der Waals surface area contributed by atoms with Gasteiger partial charge in [-0.2, -0.15) is 0 Å². The number of piperidine rings is 1. The number of aromatic nitrogens is 1. The van der Waals surface area contributed by atoms with E-state index in [0.29, 0.717) is 26.1 Å². The van der Waals surface area contributed by atoms with Gasteiger partial charge >= 0.3 is 0 Å². The lowest BCUT2D eigenvalue weighted by atomic mass is 9.81. The highest BCUT2D eigenvalue weighted by atomic mass is 32.2. The third kappa shape index (κ3) is 3.01. The van der Waals surface area contributed by atoms with Gasteiger partial charge in [-0.05, 0) is 30.4 Å². The van der Waals surface area contributed by atoms with Crippen LogP contribution in [0.3, 0.4) is 0 Å². The van der Waals surface area contributed by atoms with E-state index in [1.165, 1.54) is 0 Å². The molecule has 138 valence electrons. The molecule has 0 N–H and O–H groups in total. The largest absolute Gasteiger partial charge is 0.311 e. The lowest BCUT2D eigenvalue weighted by Crippen LogP contribution is -2.49. The molecule has 5 nitrogen and oxygen atoms in total. The number of hydrogen-bond donors (Lipinski definition) is 0. The zero-order chi connectivity index (χ0) is 18.3. The molecule has 26 heavy (non-hydrogen) atoms. The molecule has 1 aromatic heterocycles. The minimum absolute atomic E-state index is 0.0132. The molecule has 2 bridgehead atoms. The topological polar surface area (TPSA) is 59.4 Å². The summed E-state index contributed by atoms with van der Waals surface area (Å²) < 4.78 is 28.8. The Morgan fingerprint density at radius 1 is 1.04 bits per heavy atom. The van der Waals surface area contributed by atoms with Gasteiger partial charge in [0.15, 0.2) is 0 Å². The van der Waals surface area contributed by atoms with E-state index >= 15 is 0 Å². The molecule has 1 aromatic carbocycles. The predicted octanol–water partition coefficient (Wildman–Crippen LogP) is 2.67. The smallest absolute Gasteiger partial charge is 0.250 e. The van der Waals surface area contributed by atoms with Crippen molar-refractivity contribution in [2.75, 3.05) is 18.8 Å². The van der Waals surface area contributed by atoms with E-state index < -0.39 is 10.0 Å². The van der Waals surface area contributed by atoms with Gasteiger partial charge < -0.3 is 4.57 Å². The van der Waals surface area contributed by atoms with Crippen molar-refractivity contribution >= 4 is 10.0 Å². The highest BCUT2D eigenvalue weighted by molar-refractivity contribution is 7.89. The maximum Gasteiger partial charge on any atom is 0.250 e. The van der Waals surface area contributed by atoms with Crippen LogP contribution in [0.5, 0.6) is 0 Å². The Morgan fingerprint density at radius 2 is 1.81 bits per heavy atom. The summed E-state index contributed by atoms with van der Waals surface area (Å²) in [7, 11) is -3.22. The average Bonchev–Trinajstić information content (AvgIpc) is 2.63. The number of nitrogens with zero attached hydrogens (tertiary/aromatic N) is 2. The summed E-state index contributed by atoms with van der Waals surface area (Å²) >= 11 is 0. The van der Waals surface area contributed by atoms with Gasteiger partial charge in [-0.15, -0.1) is 0 Å². The molecule has 6 heteroatoms. The molecular weight excluding hydrogens is 348 g/mol. The van der Waals surface area contributed by atoms with Crippen molar-refractivity contribution in [2.45, 2.75) is 32.2 Å². The molecule has 2 atom stereocenters. The molecule has 0 amide bonds. The van der Waals surface area contributed by atoms with Crippen molar-refractivity contribution in [3.05, 3.63) is 58.5 Å². The molecule has 2 aliphatic rings. The molecule has 0 unspecified atom stereocenters. The Hall–Kier alpha value is -1.92. The molecule has 0 radical (unpaired) electrons. The van der Waals surface area contributed by atoms with Gasteiger partial charge in [0.05, 0.1) is 5.75 Å². The molecular formula is C20H24N2O3S. The highest BCUT2D eigenvalue weighted by Gasteiger charge is 2.39. The van der Waals surface area contributed by atoms with Gasteiger partial charge in [0.2, 0.25) is 10.0 Å². The van der Waals surface area contributed by atoms with Gasteiger partial charge in [0, 0.05) is 42.9 Å². The number of sulfonamides is 1. The van der Waals surface area contributed by atoms with E-state index in [4.69, 9.17) is 0 Å². The van der Waals surface area contributed by atoms with Crippen LogP contribution in [0, 0.1) is 5.92 Å². The Morgan fingerprint density at radius 3 is 2.54 bits per heavy atom. The van der Waals surface area contributed by atoms with Crippen molar-refractivity contribution < 1.29 is 8.42 Å². The molecule has 1 fully saturated rings. The minimum Gasteiger partial charge on any atom is -0.311 e. The molecule has 0 spiro atoms. The van der Waals surface area contributed by atoms with Crippen LogP contribution in [-0.4, -0.2) is 36.1 Å². The van der Waals surface area contributed by atoms with Gasteiger partial charge in [0.1, 0.15) is 0 Å². The second-order valence-corrected chi connectivity index (χ2v) is 9.47. The zero-order valence-electron chi connectivity index (χ0n) is 15.0. The Labute approximate surface area is 154 Å². The summed E-state index contributed by atoms with van der Waals surface area (Å²) in [6, 6.07) is 13.6. The van der Waals surface area contributed by atoms with Crippen LogP contribution in [0.25, 0.3) is 11.1 Å². The van der Waals surface area contributed by atoms with Crippen molar-refractivity contribution in [1.29, 1.82) is 0 Å². The first-order chi connectivity index (χ1) is 12.5. The van der Waals surface area contributed by atoms with Crippen molar-refractivity contribution in [2.24, 2.45) is 5.92 Å². The molecule has 3 heterocycles. The van der Waals surface area contributed by atoms with E-state index in [-0.39, 0.29) is 23.1 Å². The van der Waals surface area contributed by atoms with Gasteiger partial charge in [-0.1, -0.05) is 37.3 Å². The summed E-state index contributed by atoms with van der Waals surface area (Å²) in [6.45, 7) is 3.50. The van der Waals surface area contributed by atoms with Crippen LogP contribution in [0.2, 0.25) is 0 Å². The second-order valence-electron chi connectivity index (χ2n) is 7.38. The van der Waals surface area contributed by atoms with Crippen LogP contribution in [0.15, 0.2) is 47.3 Å². The maximum absolute atomic E-state index is 12.6. The number of benzene rings is 1. The first-order valence-electron chi connectivity index (χ1n) is 9.26. The van der Waals surface area contributed by atoms with Crippen molar-refractivity contribution in [1.82, 2.24) is 8.87 Å².